The van der Waals surface area contributed by atoms with Crippen molar-refractivity contribution < 1.29 is 4.79 Å². The van der Waals surface area contributed by atoms with Gasteiger partial charge in [-0.15, -0.1) is 11.3 Å². The van der Waals surface area contributed by atoms with Gasteiger partial charge in [0.25, 0.3) is 5.91 Å². The second-order valence-electron chi connectivity index (χ2n) is 4.76. The van der Waals surface area contributed by atoms with Gasteiger partial charge in [0.05, 0.1) is 4.88 Å². The van der Waals surface area contributed by atoms with Crippen LogP contribution in [-0.2, 0) is 0 Å². The normalized spacial score (nSPS) is 10.8. The molecule has 3 rings (SSSR count). The van der Waals surface area contributed by atoms with Crippen molar-refractivity contribution in [3.8, 4) is 0 Å². The summed E-state index contributed by atoms with van der Waals surface area (Å²) >= 11 is 1.39. The van der Waals surface area contributed by atoms with Gasteiger partial charge in [0.1, 0.15) is 16.5 Å². The molecule has 3 heterocycles. The van der Waals surface area contributed by atoms with Crippen LogP contribution in [0.3, 0.4) is 0 Å². The van der Waals surface area contributed by atoms with Crippen molar-refractivity contribution in [2.45, 2.75) is 20.8 Å². The van der Waals surface area contributed by atoms with E-state index >= 15 is 0 Å². The van der Waals surface area contributed by atoms with Gasteiger partial charge in [-0.05, 0) is 38.5 Å². The van der Waals surface area contributed by atoms with Crippen molar-refractivity contribution in [2.75, 3.05) is 5.32 Å². The highest BCUT2D eigenvalue weighted by atomic mass is 32.1. The van der Waals surface area contributed by atoms with Crippen LogP contribution in [0.25, 0.3) is 10.2 Å². The highest BCUT2D eigenvalue weighted by Crippen LogP contribution is 2.31. The van der Waals surface area contributed by atoms with E-state index in [2.05, 4.69) is 20.3 Å². The van der Waals surface area contributed by atoms with Gasteiger partial charge in [0.2, 0.25) is 0 Å². The van der Waals surface area contributed by atoms with E-state index in [0.29, 0.717) is 10.7 Å². The lowest BCUT2D eigenvalue weighted by Crippen LogP contribution is -2.12. The van der Waals surface area contributed by atoms with E-state index < -0.39 is 0 Å². The van der Waals surface area contributed by atoms with E-state index in [1.165, 1.54) is 11.3 Å². The predicted octanol–water partition coefficient (Wildman–Crippen LogP) is 3.26. The first-order valence-electron chi connectivity index (χ1n) is 6.53. The van der Waals surface area contributed by atoms with Crippen LogP contribution in [0, 0.1) is 20.8 Å². The minimum absolute atomic E-state index is 0.161. The zero-order chi connectivity index (χ0) is 15.0. The molecule has 0 saturated carbocycles. The average molecular weight is 298 g/mol. The third-order valence-corrected chi connectivity index (χ3v) is 4.38. The number of hydrogen-bond acceptors (Lipinski definition) is 5. The summed E-state index contributed by atoms with van der Waals surface area (Å²) in [4.78, 5) is 26.8. The molecule has 106 valence electrons. The fourth-order valence-electron chi connectivity index (χ4n) is 2.30. The summed E-state index contributed by atoms with van der Waals surface area (Å²) in [5, 5.41) is 3.78. The Bertz CT molecular complexity index is 827. The molecule has 0 fully saturated rings. The molecule has 0 bridgehead atoms. The summed E-state index contributed by atoms with van der Waals surface area (Å²) in [6, 6.07) is 5.40. The van der Waals surface area contributed by atoms with E-state index in [0.717, 1.165) is 27.3 Å². The Labute approximate surface area is 126 Å². The molecule has 1 amide bonds. The molecule has 0 atom stereocenters. The highest BCUT2D eigenvalue weighted by molar-refractivity contribution is 7.20. The number of thiophene rings is 1. The Morgan fingerprint density at radius 1 is 1.19 bits per heavy atom. The largest absolute Gasteiger partial charge is 0.306 e. The third kappa shape index (κ3) is 2.50. The summed E-state index contributed by atoms with van der Waals surface area (Å²) in [5.74, 6) is 1.10. The van der Waals surface area contributed by atoms with Crippen molar-refractivity contribution in [3.05, 3.63) is 46.4 Å². The van der Waals surface area contributed by atoms with Crippen LogP contribution < -0.4 is 5.32 Å². The van der Waals surface area contributed by atoms with Gasteiger partial charge in [0.15, 0.2) is 0 Å². The Hall–Kier alpha value is -2.34. The average Bonchev–Trinajstić information content (AvgIpc) is 2.77. The summed E-state index contributed by atoms with van der Waals surface area (Å²) in [6.07, 6.45) is 1.65. The van der Waals surface area contributed by atoms with Gasteiger partial charge in [-0.2, -0.15) is 0 Å². The Morgan fingerprint density at radius 3 is 2.71 bits per heavy atom. The molecule has 0 aliphatic rings. The van der Waals surface area contributed by atoms with Gasteiger partial charge in [-0.25, -0.2) is 15.0 Å². The number of anilines is 1. The Balaban J connectivity index is 2.03. The topological polar surface area (TPSA) is 67.8 Å². The molecular weight excluding hydrogens is 284 g/mol. The molecule has 5 nitrogen and oxygen atoms in total. The molecule has 0 radical (unpaired) electrons. The number of carbonyl (C=O) groups is 1. The van der Waals surface area contributed by atoms with Crippen LogP contribution in [0.4, 0.5) is 5.82 Å². The third-order valence-electron chi connectivity index (χ3n) is 3.20. The maximum Gasteiger partial charge on any atom is 0.267 e. The minimum atomic E-state index is -0.161. The Kier molecular flexibility index (Phi) is 3.39. The first kappa shape index (κ1) is 13.6. The van der Waals surface area contributed by atoms with Crippen LogP contribution in [0.2, 0.25) is 0 Å². The molecular formula is C15H14N4OS. The fourth-order valence-corrected chi connectivity index (χ4v) is 3.47. The maximum absolute atomic E-state index is 12.4. The van der Waals surface area contributed by atoms with Gasteiger partial charge in [0, 0.05) is 17.3 Å². The van der Waals surface area contributed by atoms with E-state index in [1.807, 2.05) is 32.9 Å². The minimum Gasteiger partial charge on any atom is -0.306 e. The monoisotopic (exact) mass is 298 g/mol. The summed E-state index contributed by atoms with van der Waals surface area (Å²) in [6.45, 7) is 5.73. The van der Waals surface area contributed by atoms with Crippen molar-refractivity contribution in [2.24, 2.45) is 0 Å². The van der Waals surface area contributed by atoms with E-state index in [9.17, 15) is 4.79 Å². The van der Waals surface area contributed by atoms with Gasteiger partial charge < -0.3 is 5.32 Å². The van der Waals surface area contributed by atoms with E-state index in [1.54, 1.807) is 12.3 Å². The number of rotatable bonds is 2. The number of nitrogens with zero attached hydrogens (tertiary/aromatic N) is 3. The van der Waals surface area contributed by atoms with Crippen molar-refractivity contribution in [1.82, 2.24) is 15.0 Å². The molecule has 0 unspecified atom stereocenters. The molecule has 0 aliphatic heterocycles. The first-order chi connectivity index (χ1) is 10.1. The number of aromatic nitrogens is 3. The van der Waals surface area contributed by atoms with E-state index in [4.69, 9.17) is 0 Å². The molecule has 0 aromatic carbocycles. The standard InChI is InChI=1S/C15H14N4OS/c1-8-12-9(2)17-10(3)18-15(12)21-13(8)14(20)19-11-6-4-5-7-16-11/h4-7H,1-3H3,(H,16,19,20). The molecule has 0 spiro atoms. The quantitative estimate of drug-likeness (QED) is 0.788. The van der Waals surface area contributed by atoms with Crippen LogP contribution >= 0.6 is 11.3 Å². The molecule has 6 heteroatoms. The zero-order valence-corrected chi connectivity index (χ0v) is 12.8. The van der Waals surface area contributed by atoms with Crippen LogP contribution in [0.1, 0.15) is 26.8 Å². The summed E-state index contributed by atoms with van der Waals surface area (Å²) in [5.41, 5.74) is 1.82. The van der Waals surface area contributed by atoms with Crippen molar-refractivity contribution in [1.29, 1.82) is 0 Å². The van der Waals surface area contributed by atoms with Gasteiger partial charge in [-0.3, -0.25) is 4.79 Å². The fraction of sp³-hybridized carbons (Fsp3) is 0.200. The number of pyridine rings is 1. The highest BCUT2D eigenvalue weighted by Gasteiger charge is 2.18. The maximum atomic E-state index is 12.4. The molecule has 0 aliphatic carbocycles. The summed E-state index contributed by atoms with van der Waals surface area (Å²) in [7, 11) is 0. The lowest BCUT2D eigenvalue weighted by Gasteiger charge is -2.03. The lowest BCUT2D eigenvalue weighted by atomic mass is 10.1. The van der Waals surface area contributed by atoms with Crippen LogP contribution in [-0.4, -0.2) is 20.9 Å². The zero-order valence-electron chi connectivity index (χ0n) is 12.0. The lowest BCUT2D eigenvalue weighted by molar-refractivity contribution is 0.102. The molecule has 3 aromatic heterocycles. The van der Waals surface area contributed by atoms with Crippen LogP contribution in [0.5, 0.6) is 0 Å². The SMILES string of the molecule is Cc1nc(C)c2c(C)c(C(=O)Nc3ccccn3)sc2n1. The molecule has 1 N–H and O–H groups in total. The molecule has 0 saturated heterocycles. The van der Waals surface area contributed by atoms with Gasteiger partial charge >= 0.3 is 0 Å². The number of aryl methyl sites for hydroxylation is 3. The van der Waals surface area contributed by atoms with Crippen LogP contribution in [0.15, 0.2) is 24.4 Å². The second kappa shape index (κ2) is 5.21. The first-order valence-corrected chi connectivity index (χ1v) is 7.34. The Morgan fingerprint density at radius 2 is 2.00 bits per heavy atom. The molecule has 3 aromatic rings. The van der Waals surface area contributed by atoms with E-state index in [-0.39, 0.29) is 5.91 Å². The van der Waals surface area contributed by atoms with Crippen molar-refractivity contribution >= 4 is 33.3 Å². The smallest absolute Gasteiger partial charge is 0.267 e. The molecule has 21 heavy (non-hydrogen) atoms. The number of nitrogens with one attached hydrogen (secondary N) is 1. The number of amides is 1. The predicted molar refractivity (Wildman–Crippen MR) is 83.8 cm³/mol. The van der Waals surface area contributed by atoms with Gasteiger partial charge in [-0.1, -0.05) is 6.07 Å². The second-order valence-corrected chi connectivity index (χ2v) is 5.76. The number of carbonyl (C=O) groups excluding carboxylic acids is 1. The van der Waals surface area contributed by atoms with Crippen molar-refractivity contribution in [3.63, 3.8) is 0 Å². The summed E-state index contributed by atoms with van der Waals surface area (Å²) < 4.78 is 0. The number of hydrogen-bond donors (Lipinski definition) is 1. The number of fused-ring (bicyclic) bond motifs is 1.